The summed E-state index contributed by atoms with van der Waals surface area (Å²) in [6.45, 7) is 4.07. The highest BCUT2D eigenvalue weighted by Crippen LogP contribution is 2.44. The van der Waals surface area contributed by atoms with Crippen molar-refractivity contribution in [2.24, 2.45) is 0 Å². The Balaban J connectivity index is 1.77. The molecule has 1 aliphatic rings. The summed E-state index contributed by atoms with van der Waals surface area (Å²) < 4.78 is 0. The van der Waals surface area contributed by atoms with Gasteiger partial charge in [0.25, 0.3) is 0 Å². The fourth-order valence-electron chi connectivity index (χ4n) is 4.04. The highest BCUT2D eigenvalue weighted by atomic mass is 16.3. The minimum atomic E-state index is -0.639. The molecule has 0 spiro atoms. The lowest BCUT2D eigenvalue weighted by Crippen LogP contribution is -2.36. The largest absolute Gasteiger partial charge is 0.410 e. The Labute approximate surface area is 192 Å². The molecule has 0 saturated carbocycles. The second-order valence-electron chi connectivity index (χ2n) is 8.20. The molecule has 0 amide bonds. The van der Waals surface area contributed by atoms with Crippen LogP contribution < -0.4 is 10.1 Å². The standard InChI is InChI=1S/C24H20BN6O2/c1-15-3-4-16(10-26)7-21(15)30-23-28-6-5-20(29-23)17-8-18(11-27)22-19(9-17)24(2,13-32)12-31(22)25-14-33/h3-9,14,32H,12-13H2,1-2H3,(H,28,29,30)/t24-/m0/s1. The quantitative estimate of drug-likeness (QED) is 0.447. The van der Waals surface area contributed by atoms with Crippen LogP contribution in [0.4, 0.5) is 17.3 Å². The molecule has 1 radical (unpaired) electrons. The molecule has 161 valence electrons. The van der Waals surface area contributed by atoms with Gasteiger partial charge in [0.2, 0.25) is 5.95 Å². The molecule has 1 aromatic heterocycles. The summed E-state index contributed by atoms with van der Waals surface area (Å²) in [5, 5.41) is 32.2. The molecule has 8 nitrogen and oxygen atoms in total. The average molecular weight is 435 g/mol. The van der Waals surface area contributed by atoms with Crippen LogP contribution in [-0.4, -0.2) is 41.8 Å². The number of hydrogen-bond acceptors (Lipinski definition) is 8. The molecule has 1 atom stereocenters. The Morgan fingerprint density at radius 1 is 1.27 bits per heavy atom. The van der Waals surface area contributed by atoms with Crippen LogP contribution in [0.2, 0.25) is 0 Å². The molecule has 4 rings (SSSR count). The number of hydrogen-bond donors (Lipinski definition) is 2. The lowest BCUT2D eigenvalue weighted by Gasteiger charge is -2.23. The third-order valence-electron chi connectivity index (χ3n) is 5.84. The number of aliphatic hydroxyl groups excluding tert-OH is 1. The van der Waals surface area contributed by atoms with Crippen molar-refractivity contribution < 1.29 is 9.90 Å². The fourth-order valence-corrected chi connectivity index (χ4v) is 4.04. The van der Waals surface area contributed by atoms with Gasteiger partial charge in [-0.25, -0.2) is 9.97 Å². The van der Waals surface area contributed by atoms with E-state index in [0.29, 0.717) is 46.8 Å². The summed E-state index contributed by atoms with van der Waals surface area (Å²) in [4.78, 5) is 21.7. The van der Waals surface area contributed by atoms with Gasteiger partial charge in [-0.3, -0.25) is 0 Å². The number of nitrogens with zero attached hydrogens (tertiary/aromatic N) is 5. The van der Waals surface area contributed by atoms with Crippen molar-refractivity contribution in [1.29, 1.82) is 10.5 Å². The minimum Gasteiger partial charge on any atom is -0.410 e. The summed E-state index contributed by atoms with van der Waals surface area (Å²) in [6.07, 6.45) is 2.29. The summed E-state index contributed by atoms with van der Waals surface area (Å²) in [5.41, 5.74) is 4.65. The molecular weight excluding hydrogens is 415 g/mol. The molecular formula is C24H20BN6O2. The van der Waals surface area contributed by atoms with Gasteiger partial charge in [-0.15, -0.1) is 0 Å². The maximum atomic E-state index is 11.1. The Morgan fingerprint density at radius 3 is 2.79 bits per heavy atom. The summed E-state index contributed by atoms with van der Waals surface area (Å²) >= 11 is 0. The second kappa shape index (κ2) is 8.74. The maximum absolute atomic E-state index is 11.1. The molecule has 0 fully saturated rings. The summed E-state index contributed by atoms with van der Waals surface area (Å²) in [6, 6.07) is 15.0. The van der Waals surface area contributed by atoms with E-state index in [-0.39, 0.29) is 6.61 Å². The number of carbonyl (C=O) groups excluding carboxylic acids is 1. The first-order chi connectivity index (χ1) is 15.9. The molecule has 9 heteroatoms. The van der Waals surface area contributed by atoms with Crippen LogP contribution in [0.15, 0.2) is 42.6 Å². The molecule has 1 aliphatic heterocycles. The normalized spacial score (nSPS) is 16.5. The van der Waals surface area contributed by atoms with Gasteiger partial charge in [0.15, 0.2) is 0 Å². The zero-order valence-electron chi connectivity index (χ0n) is 18.2. The van der Waals surface area contributed by atoms with Crippen LogP contribution in [0.25, 0.3) is 11.3 Å². The Bertz CT molecular complexity index is 1330. The minimum absolute atomic E-state index is 0.136. The summed E-state index contributed by atoms with van der Waals surface area (Å²) in [7, 11) is 1.38. The highest BCUT2D eigenvalue weighted by molar-refractivity contribution is 6.70. The molecule has 2 N–H and O–H groups in total. The van der Waals surface area contributed by atoms with Gasteiger partial charge in [0, 0.05) is 35.1 Å². The smallest absolute Gasteiger partial charge is 0.329 e. The molecule has 2 aromatic carbocycles. The first-order valence-corrected chi connectivity index (χ1v) is 10.3. The topological polar surface area (TPSA) is 126 Å². The number of nitrogens with one attached hydrogen (secondary N) is 1. The zero-order chi connectivity index (χ0) is 23.6. The molecule has 0 bridgehead atoms. The van der Waals surface area contributed by atoms with Gasteiger partial charge in [0.1, 0.15) is 12.3 Å². The third kappa shape index (κ3) is 4.02. The van der Waals surface area contributed by atoms with Crippen molar-refractivity contribution in [3.63, 3.8) is 0 Å². The van der Waals surface area contributed by atoms with Crippen LogP contribution in [0, 0.1) is 29.6 Å². The number of carbonyl (C=O) groups is 1. The van der Waals surface area contributed by atoms with Gasteiger partial charge in [-0.1, -0.05) is 13.0 Å². The van der Waals surface area contributed by atoms with E-state index in [4.69, 9.17) is 0 Å². The van der Waals surface area contributed by atoms with E-state index in [1.807, 2.05) is 26.0 Å². The van der Waals surface area contributed by atoms with E-state index in [1.165, 1.54) is 7.41 Å². The van der Waals surface area contributed by atoms with Gasteiger partial charge < -0.3 is 20.0 Å². The fraction of sp³-hybridized carbons (Fsp3) is 0.208. The number of fused-ring (bicyclic) bond motifs is 1. The third-order valence-corrected chi connectivity index (χ3v) is 5.84. The van der Waals surface area contributed by atoms with Crippen LogP contribution >= 0.6 is 0 Å². The van der Waals surface area contributed by atoms with E-state index in [9.17, 15) is 20.4 Å². The van der Waals surface area contributed by atoms with E-state index < -0.39 is 5.41 Å². The van der Waals surface area contributed by atoms with Gasteiger partial charge >= 0.3 is 7.41 Å². The van der Waals surface area contributed by atoms with E-state index in [1.54, 1.807) is 35.3 Å². The maximum Gasteiger partial charge on any atom is 0.329 e. The second-order valence-corrected chi connectivity index (χ2v) is 8.20. The average Bonchev–Trinajstić information content (AvgIpc) is 3.12. The van der Waals surface area contributed by atoms with Crippen LogP contribution in [0.5, 0.6) is 0 Å². The monoisotopic (exact) mass is 435 g/mol. The van der Waals surface area contributed by atoms with E-state index >= 15 is 0 Å². The van der Waals surface area contributed by atoms with Gasteiger partial charge in [-0.2, -0.15) is 10.5 Å². The lowest BCUT2D eigenvalue weighted by atomic mass is 9.83. The predicted octanol–water partition coefficient (Wildman–Crippen LogP) is 2.82. The van der Waals surface area contributed by atoms with Crippen molar-refractivity contribution in [3.8, 4) is 23.4 Å². The first-order valence-electron chi connectivity index (χ1n) is 10.3. The Hall–Kier alpha value is -4.21. The van der Waals surface area contributed by atoms with Crippen molar-refractivity contribution in [3.05, 3.63) is 64.8 Å². The molecule has 33 heavy (non-hydrogen) atoms. The number of benzene rings is 2. The summed E-state index contributed by atoms with van der Waals surface area (Å²) in [5.74, 6) is 0.352. The van der Waals surface area contributed by atoms with E-state index in [2.05, 4.69) is 27.4 Å². The van der Waals surface area contributed by atoms with Crippen molar-refractivity contribution in [1.82, 2.24) is 9.97 Å². The number of aryl methyl sites for hydroxylation is 1. The van der Waals surface area contributed by atoms with Gasteiger partial charge in [-0.05, 0) is 48.4 Å². The zero-order valence-corrected chi connectivity index (χ0v) is 18.2. The SMILES string of the molecule is Cc1ccc(C#N)cc1Nc1nccc(-c2cc(C#N)c3c(c2)[C@](C)(CO)CN3[B]C=O)n1. The Kier molecular flexibility index (Phi) is 5.83. The number of nitriles is 2. The molecule has 0 unspecified atom stereocenters. The first kappa shape index (κ1) is 22.0. The van der Waals surface area contributed by atoms with Crippen LogP contribution in [0.3, 0.4) is 0 Å². The molecule has 0 saturated heterocycles. The number of aromatic nitrogens is 2. The highest BCUT2D eigenvalue weighted by Gasteiger charge is 2.40. The number of aliphatic hydroxyl groups is 1. The number of rotatable bonds is 6. The molecule has 3 aromatic rings. The van der Waals surface area contributed by atoms with Crippen molar-refractivity contribution in [2.45, 2.75) is 19.3 Å². The van der Waals surface area contributed by atoms with Crippen LogP contribution in [-0.2, 0) is 10.2 Å². The van der Waals surface area contributed by atoms with Gasteiger partial charge in [0.05, 0.1) is 29.5 Å². The molecule has 0 aliphatic carbocycles. The van der Waals surface area contributed by atoms with Crippen LogP contribution in [0.1, 0.15) is 29.2 Å². The lowest BCUT2D eigenvalue weighted by molar-refractivity contribution is 0.217. The molecule has 2 heterocycles. The van der Waals surface area contributed by atoms with Crippen molar-refractivity contribution in [2.75, 3.05) is 23.3 Å². The van der Waals surface area contributed by atoms with E-state index in [0.717, 1.165) is 16.8 Å². The number of anilines is 3. The predicted molar refractivity (Wildman–Crippen MR) is 126 cm³/mol. The Morgan fingerprint density at radius 2 is 2.09 bits per heavy atom. The van der Waals surface area contributed by atoms with Crippen molar-refractivity contribution >= 4 is 30.9 Å².